The molecule has 1 heterocycles. The molecule has 0 bridgehead atoms. The van der Waals surface area contributed by atoms with Crippen LogP contribution in [0.2, 0.25) is 0 Å². The van der Waals surface area contributed by atoms with Gasteiger partial charge in [0, 0.05) is 6.04 Å². The summed E-state index contributed by atoms with van der Waals surface area (Å²) in [5.74, 6) is -0.431. The molecule has 0 aromatic heterocycles. The fourth-order valence-electron chi connectivity index (χ4n) is 1.70. The highest BCUT2D eigenvalue weighted by atomic mass is 16.7. The van der Waals surface area contributed by atoms with Crippen LogP contribution < -0.4 is 20.1 Å². The molecule has 0 aliphatic carbocycles. The average Bonchev–Trinajstić information content (AvgIpc) is 2.90. The molecule has 2 rings (SSSR count). The third kappa shape index (κ3) is 4.11. The lowest BCUT2D eigenvalue weighted by atomic mass is 10.2. The van der Waals surface area contributed by atoms with E-state index in [-0.39, 0.29) is 18.4 Å². The van der Waals surface area contributed by atoms with E-state index >= 15 is 0 Å². The molecule has 1 aromatic rings. The summed E-state index contributed by atoms with van der Waals surface area (Å²) in [6, 6.07) is 3.80. The minimum atomic E-state index is -0.716. The van der Waals surface area contributed by atoms with Crippen molar-refractivity contribution in [1.29, 1.82) is 0 Å². The first-order valence-corrected chi connectivity index (χ1v) is 6.63. The van der Waals surface area contributed by atoms with Gasteiger partial charge in [-0.25, -0.2) is 9.59 Å². The van der Waals surface area contributed by atoms with Gasteiger partial charge < -0.3 is 19.5 Å². The number of carbonyl (C=O) groups excluding carboxylic acids is 3. The zero-order valence-corrected chi connectivity index (χ0v) is 12.2. The van der Waals surface area contributed by atoms with Gasteiger partial charge in [-0.15, -0.1) is 0 Å². The van der Waals surface area contributed by atoms with Crippen LogP contribution in [-0.2, 0) is 9.53 Å². The lowest BCUT2D eigenvalue weighted by Gasteiger charge is -2.09. The average molecular weight is 308 g/mol. The summed E-state index contributed by atoms with van der Waals surface area (Å²) >= 11 is 0. The van der Waals surface area contributed by atoms with Gasteiger partial charge in [-0.05, 0) is 32.0 Å². The van der Waals surface area contributed by atoms with Crippen LogP contribution in [-0.4, -0.2) is 37.3 Å². The van der Waals surface area contributed by atoms with Gasteiger partial charge in [-0.2, -0.15) is 0 Å². The number of carbonyl (C=O) groups is 3. The fraction of sp³-hybridized carbons (Fsp3) is 0.357. The molecular weight excluding hydrogens is 292 g/mol. The Bertz CT molecular complexity index is 599. The highest BCUT2D eigenvalue weighted by molar-refractivity contribution is 5.97. The van der Waals surface area contributed by atoms with Gasteiger partial charge in [-0.3, -0.25) is 10.1 Å². The normalized spacial score (nSPS) is 12.0. The van der Waals surface area contributed by atoms with Crippen LogP contribution in [0.1, 0.15) is 24.2 Å². The monoisotopic (exact) mass is 308 g/mol. The Morgan fingerprint density at radius 3 is 2.68 bits per heavy atom. The molecule has 0 radical (unpaired) electrons. The minimum Gasteiger partial charge on any atom is -0.454 e. The molecule has 0 saturated carbocycles. The number of hydrogen-bond acceptors (Lipinski definition) is 6. The number of amides is 3. The molecule has 8 heteroatoms. The molecule has 118 valence electrons. The van der Waals surface area contributed by atoms with Crippen molar-refractivity contribution in [3.63, 3.8) is 0 Å². The molecule has 22 heavy (non-hydrogen) atoms. The third-order valence-electron chi connectivity index (χ3n) is 2.62. The molecule has 3 amide bonds. The second-order valence-corrected chi connectivity index (χ2v) is 4.82. The van der Waals surface area contributed by atoms with Crippen molar-refractivity contribution in [2.24, 2.45) is 0 Å². The van der Waals surface area contributed by atoms with Crippen molar-refractivity contribution in [2.75, 3.05) is 13.4 Å². The third-order valence-corrected chi connectivity index (χ3v) is 2.62. The Labute approximate surface area is 126 Å². The number of urea groups is 1. The smallest absolute Gasteiger partial charge is 0.338 e. The lowest BCUT2D eigenvalue weighted by Crippen LogP contribution is -2.44. The first-order chi connectivity index (χ1) is 10.5. The Morgan fingerprint density at radius 1 is 1.23 bits per heavy atom. The Kier molecular flexibility index (Phi) is 4.82. The first kappa shape index (κ1) is 15.6. The number of rotatable bonds is 4. The van der Waals surface area contributed by atoms with E-state index in [4.69, 9.17) is 14.2 Å². The SMILES string of the molecule is CC(C)NC(=O)NC(=O)COC(=O)c1ccc2c(c1)OCO2. The van der Waals surface area contributed by atoms with Gasteiger partial charge in [0.25, 0.3) is 5.91 Å². The van der Waals surface area contributed by atoms with Crippen LogP contribution in [0.3, 0.4) is 0 Å². The van der Waals surface area contributed by atoms with Crippen molar-refractivity contribution in [3.05, 3.63) is 23.8 Å². The zero-order valence-electron chi connectivity index (χ0n) is 12.2. The van der Waals surface area contributed by atoms with E-state index in [1.165, 1.54) is 12.1 Å². The summed E-state index contributed by atoms with van der Waals surface area (Å²) in [5, 5.41) is 4.53. The molecule has 2 N–H and O–H groups in total. The van der Waals surface area contributed by atoms with Gasteiger partial charge in [-0.1, -0.05) is 0 Å². The van der Waals surface area contributed by atoms with Gasteiger partial charge in [0.05, 0.1) is 5.56 Å². The van der Waals surface area contributed by atoms with Gasteiger partial charge in [0.15, 0.2) is 18.1 Å². The van der Waals surface area contributed by atoms with E-state index in [1.807, 2.05) is 5.32 Å². The maximum Gasteiger partial charge on any atom is 0.338 e. The molecule has 0 fully saturated rings. The standard InChI is InChI=1S/C14H16N2O6/c1-8(2)15-14(19)16-12(17)6-20-13(18)9-3-4-10-11(5-9)22-7-21-10/h3-5,8H,6-7H2,1-2H3,(H2,15,16,17,19). The predicted octanol–water partition coefficient (Wildman–Crippen LogP) is 0.806. The van der Waals surface area contributed by atoms with Crippen LogP contribution in [0, 0.1) is 0 Å². The van der Waals surface area contributed by atoms with Crippen LogP contribution >= 0.6 is 0 Å². The molecule has 8 nitrogen and oxygen atoms in total. The van der Waals surface area contributed by atoms with Crippen LogP contribution in [0.4, 0.5) is 4.79 Å². The topological polar surface area (TPSA) is 103 Å². The lowest BCUT2D eigenvalue weighted by molar-refractivity contribution is -0.123. The van der Waals surface area contributed by atoms with Crippen molar-refractivity contribution in [1.82, 2.24) is 10.6 Å². The van der Waals surface area contributed by atoms with Crippen LogP contribution in [0.25, 0.3) is 0 Å². The molecular formula is C14H16N2O6. The number of esters is 1. The molecule has 0 atom stereocenters. The quantitative estimate of drug-likeness (QED) is 0.798. The summed E-state index contributed by atoms with van der Waals surface area (Å²) in [4.78, 5) is 34.6. The Hall–Kier alpha value is -2.77. The van der Waals surface area contributed by atoms with Crippen molar-refractivity contribution in [2.45, 2.75) is 19.9 Å². The van der Waals surface area contributed by atoms with Crippen LogP contribution in [0.5, 0.6) is 11.5 Å². The number of ether oxygens (including phenoxy) is 3. The number of benzene rings is 1. The fourth-order valence-corrected chi connectivity index (χ4v) is 1.70. The summed E-state index contributed by atoms with van der Waals surface area (Å²) in [6.45, 7) is 3.05. The highest BCUT2D eigenvalue weighted by Gasteiger charge is 2.18. The van der Waals surface area contributed by atoms with E-state index in [9.17, 15) is 14.4 Å². The molecule has 1 aliphatic heterocycles. The summed E-state index contributed by atoms with van der Waals surface area (Å²) < 4.78 is 15.1. The number of fused-ring (bicyclic) bond motifs is 1. The van der Waals surface area contributed by atoms with Crippen LogP contribution in [0.15, 0.2) is 18.2 Å². The second-order valence-electron chi connectivity index (χ2n) is 4.82. The maximum atomic E-state index is 11.8. The van der Waals surface area contributed by atoms with Crippen molar-refractivity contribution < 1.29 is 28.6 Å². The summed E-state index contributed by atoms with van der Waals surface area (Å²) in [6.07, 6.45) is 0. The predicted molar refractivity (Wildman–Crippen MR) is 74.7 cm³/mol. The molecule has 0 unspecified atom stereocenters. The summed E-state index contributed by atoms with van der Waals surface area (Å²) in [5.41, 5.74) is 0.226. The largest absolute Gasteiger partial charge is 0.454 e. The maximum absolute atomic E-state index is 11.8. The van der Waals surface area contributed by atoms with E-state index in [0.29, 0.717) is 11.5 Å². The van der Waals surface area contributed by atoms with E-state index < -0.39 is 24.5 Å². The minimum absolute atomic E-state index is 0.0984. The van der Waals surface area contributed by atoms with Crippen molar-refractivity contribution in [3.8, 4) is 11.5 Å². The summed E-state index contributed by atoms with van der Waals surface area (Å²) in [7, 11) is 0. The molecule has 1 aromatic carbocycles. The number of hydrogen-bond donors (Lipinski definition) is 2. The van der Waals surface area contributed by atoms with Gasteiger partial charge in [0.2, 0.25) is 6.79 Å². The van der Waals surface area contributed by atoms with Gasteiger partial charge in [0.1, 0.15) is 0 Å². The molecule has 0 saturated heterocycles. The van der Waals surface area contributed by atoms with E-state index in [1.54, 1.807) is 19.9 Å². The first-order valence-electron chi connectivity index (χ1n) is 6.63. The van der Waals surface area contributed by atoms with E-state index in [0.717, 1.165) is 0 Å². The highest BCUT2D eigenvalue weighted by Crippen LogP contribution is 2.32. The number of imide groups is 1. The second kappa shape index (κ2) is 6.79. The van der Waals surface area contributed by atoms with Gasteiger partial charge >= 0.3 is 12.0 Å². The molecule has 0 spiro atoms. The Balaban J connectivity index is 1.82. The number of nitrogens with one attached hydrogen (secondary N) is 2. The zero-order chi connectivity index (χ0) is 16.1. The Morgan fingerprint density at radius 2 is 1.95 bits per heavy atom. The van der Waals surface area contributed by atoms with Crippen molar-refractivity contribution >= 4 is 17.9 Å². The van der Waals surface area contributed by atoms with E-state index in [2.05, 4.69) is 5.32 Å². The molecule has 1 aliphatic rings.